The molecule has 2 aromatic carbocycles. The lowest BCUT2D eigenvalue weighted by Crippen LogP contribution is -2.29. The van der Waals surface area contributed by atoms with Crippen molar-refractivity contribution in [2.75, 3.05) is 18.0 Å². The second-order valence-electron chi connectivity index (χ2n) is 6.67. The van der Waals surface area contributed by atoms with Gasteiger partial charge < -0.3 is 4.90 Å². The molecule has 0 spiro atoms. The van der Waals surface area contributed by atoms with Crippen molar-refractivity contribution in [2.45, 2.75) is 12.8 Å². The van der Waals surface area contributed by atoms with Crippen LogP contribution in [0.15, 0.2) is 42.5 Å². The standard InChI is InChI=1S/C20H15N3O3S/c24-17(22-9-3-4-10-22)12-7-8-15-16(11-12)27-20(21-15)23-18(25)13-5-1-2-6-14(13)19(23)26/h1-2,5-8,11H,3-4,9-10H2. The number of imide groups is 1. The van der Waals surface area contributed by atoms with Crippen molar-refractivity contribution in [3.05, 3.63) is 59.2 Å². The van der Waals surface area contributed by atoms with Crippen LogP contribution in [0.3, 0.4) is 0 Å². The second-order valence-corrected chi connectivity index (χ2v) is 7.68. The zero-order valence-electron chi connectivity index (χ0n) is 14.3. The topological polar surface area (TPSA) is 70.6 Å². The van der Waals surface area contributed by atoms with Gasteiger partial charge in [0, 0.05) is 18.7 Å². The third kappa shape index (κ3) is 2.46. The highest BCUT2D eigenvalue weighted by Gasteiger charge is 2.38. The monoisotopic (exact) mass is 377 g/mol. The molecule has 27 heavy (non-hydrogen) atoms. The Labute approximate surface area is 159 Å². The van der Waals surface area contributed by atoms with Crippen LogP contribution in [-0.4, -0.2) is 40.7 Å². The molecule has 1 fully saturated rings. The predicted octanol–water partition coefficient (Wildman–Crippen LogP) is 3.33. The summed E-state index contributed by atoms with van der Waals surface area (Å²) in [5, 5.41) is 0.335. The first-order chi connectivity index (χ1) is 13.1. The van der Waals surface area contributed by atoms with Gasteiger partial charge in [-0.2, -0.15) is 0 Å². The molecular formula is C20H15N3O3S. The van der Waals surface area contributed by atoms with Crippen LogP contribution in [0.5, 0.6) is 0 Å². The molecule has 1 aromatic heterocycles. The fraction of sp³-hybridized carbons (Fsp3) is 0.200. The Morgan fingerprint density at radius 2 is 1.63 bits per heavy atom. The third-order valence-electron chi connectivity index (χ3n) is 5.00. The van der Waals surface area contributed by atoms with Gasteiger partial charge >= 0.3 is 0 Å². The number of amides is 3. The summed E-state index contributed by atoms with van der Waals surface area (Å²) in [6, 6.07) is 12.1. The van der Waals surface area contributed by atoms with Crippen LogP contribution in [0.2, 0.25) is 0 Å². The summed E-state index contributed by atoms with van der Waals surface area (Å²) in [7, 11) is 0. The smallest absolute Gasteiger partial charge is 0.268 e. The summed E-state index contributed by atoms with van der Waals surface area (Å²) in [5.41, 5.74) is 2.07. The molecule has 0 aliphatic carbocycles. The van der Waals surface area contributed by atoms with E-state index in [1.807, 2.05) is 4.90 Å². The highest BCUT2D eigenvalue weighted by molar-refractivity contribution is 7.22. The largest absolute Gasteiger partial charge is 0.339 e. The Morgan fingerprint density at radius 3 is 2.30 bits per heavy atom. The maximum Gasteiger partial charge on any atom is 0.268 e. The summed E-state index contributed by atoms with van der Waals surface area (Å²) in [5.74, 6) is -0.698. The summed E-state index contributed by atoms with van der Waals surface area (Å²) in [6.07, 6.45) is 2.08. The van der Waals surface area contributed by atoms with E-state index >= 15 is 0 Å². The van der Waals surface area contributed by atoms with E-state index in [1.165, 1.54) is 11.3 Å². The van der Waals surface area contributed by atoms with E-state index in [2.05, 4.69) is 4.98 Å². The molecule has 7 heteroatoms. The quantitative estimate of drug-likeness (QED) is 0.642. The van der Waals surface area contributed by atoms with Crippen LogP contribution in [0.4, 0.5) is 5.13 Å². The van der Waals surface area contributed by atoms with Crippen LogP contribution in [-0.2, 0) is 0 Å². The fourth-order valence-electron chi connectivity index (χ4n) is 3.61. The molecule has 0 saturated carbocycles. The molecule has 134 valence electrons. The van der Waals surface area contributed by atoms with Crippen molar-refractivity contribution in [1.29, 1.82) is 0 Å². The van der Waals surface area contributed by atoms with Crippen LogP contribution in [0.1, 0.15) is 43.9 Å². The minimum atomic E-state index is -0.358. The molecule has 3 aromatic rings. The molecule has 2 aliphatic rings. The Bertz CT molecular complexity index is 1080. The number of carbonyl (C=O) groups is 3. The maximum atomic E-state index is 12.6. The summed E-state index contributed by atoms with van der Waals surface area (Å²) >= 11 is 1.25. The number of likely N-dealkylation sites (tertiary alicyclic amines) is 1. The third-order valence-corrected chi connectivity index (χ3v) is 6.01. The average Bonchev–Trinajstić information content (AvgIpc) is 3.40. The minimum Gasteiger partial charge on any atom is -0.339 e. The molecule has 1 saturated heterocycles. The van der Waals surface area contributed by atoms with E-state index in [4.69, 9.17) is 0 Å². The number of aromatic nitrogens is 1. The molecule has 0 radical (unpaired) electrons. The molecule has 6 nitrogen and oxygen atoms in total. The lowest BCUT2D eigenvalue weighted by molar-refractivity contribution is 0.0792. The zero-order valence-corrected chi connectivity index (χ0v) is 15.2. The highest BCUT2D eigenvalue weighted by atomic mass is 32.1. The molecule has 2 aliphatic heterocycles. The van der Waals surface area contributed by atoms with E-state index in [-0.39, 0.29) is 17.7 Å². The average molecular weight is 377 g/mol. The Hall–Kier alpha value is -3.06. The van der Waals surface area contributed by atoms with Crippen molar-refractivity contribution in [3.8, 4) is 0 Å². The fourth-order valence-corrected chi connectivity index (χ4v) is 4.61. The van der Waals surface area contributed by atoms with Crippen molar-refractivity contribution >= 4 is 44.4 Å². The van der Waals surface area contributed by atoms with Gasteiger partial charge in [-0.15, -0.1) is 0 Å². The summed E-state index contributed by atoms with van der Waals surface area (Å²) in [4.78, 5) is 45.3. The van der Waals surface area contributed by atoms with Gasteiger partial charge in [0.25, 0.3) is 17.7 Å². The number of hydrogen-bond donors (Lipinski definition) is 0. The molecule has 3 amide bonds. The molecule has 0 bridgehead atoms. The number of fused-ring (bicyclic) bond motifs is 2. The van der Waals surface area contributed by atoms with Crippen LogP contribution >= 0.6 is 11.3 Å². The van der Waals surface area contributed by atoms with Crippen molar-refractivity contribution in [2.24, 2.45) is 0 Å². The van der Waals surface area contributed by atoms with Gasteiger partial charge in [0.2, 0.25) is 5.13 Å². The molecular weight excluding hydrogens is 362 g/mol. The van der Waals surface area contributed by atoms with Gasteiger partial charge in [-0.3, -0.25) is 14.4 Å². The number of rotatable bonds is 2. The maximum absolute atomic E-state index is 12.6. The van der Waals surface area contributed by atoms with E-state index in [0.717, 1.165) is 35.5 Å². The van der Waals surface area contributed by atoms with Gasteiger partial charge in [-0.05, 0) is 43.2 Å². The number of carbonyl (C=O) groups excluding carboxylic acids is 3. The number of nitrogens with zero attached hydrogens (tertiary/aromatic N) is 3. The number of anilines is 1. The summed E-state index contributed by atoms with van der Waals surface area (Å²) < 4.78 is 0.784. The van der Waals surface area contributed by atoms with E-state index in [1.54, 1.807) is 42.5 Å². The normalized spacial score (nSPS) is 16.4. The van der Waals surface area contributed by atoms with E-state index < -0.39 is 0 Å². The minimum absolute atomic E-state index is 0.0186. The number of hydrogen-bond acceptors (Lipinski definition) is 5. The van der Waals surface area contributed by atoms with Crippen molar-refractivity contribution in [3.63, 3.8) is 0 Å². The lowest BCUT2D eigenvalue weighted by atomic mass is 10.1. The second kappa shape index (κ2) is 5.99. The first-order valence-electron chi connectivity index (χ1n) is 8.81. The Kier molecular flexibility index (Phi) is 3.58. The van der Waals surface area contributed by atoms with E-state index in [9.17, 15) is 14.4 Å². The molecule has 0 N–H and O–H groups in total. The van der Waals surface area contributed by atoms with Gasteiger partial charge in [0.15, 0.2) is 0 Å². The Morgan fingerprint density at radius 1 is 0.963 bits per heavy atom. The van der Waals surface area contributed by atoms with Gasteiger partial charge in [-0.25, -0.2) is 9.88 Å². The zero-order chi connectivity index (χ0) is 18.5. The Balaban J connectivity index is 1.51. The molecule has 3 heterocycles. The first kappa shape index (κ1) is 16.1. The molecule has 0 atom stereocenters. The number of benzene rings is 2. The summed E-state index contributed by atoms with van der Waals surface area (Å²) in [6.45, 7) is 1.58. The van der Waals surface area contributed by atoms with Crippen LogP contribution in [0, 0.1) is 0 Å². The first-order valence-corrected chi connectivity index (χ1v) is 9.63. The highest BCUT2D eigenvalue weighted by Crippen LogP contribution is 2.34. The number of thiazole rings is 1. The van der Waals surface area contributed by atoms with Gasteiger partial charge in [-0.1, -0.05) is 23.5 Å². The van der Waals surface area contributed by atoms with E-state index in [0.29, 0.717) is 27.3 Å². The van der Waals surface area contributed by atoms with Crippen LogP contribution in [0.25, 0.3) is 10.2 Å². The van der Waals surface area contributed by atoms with Gasteiger partial charge in [0.1, 0.15) is 0 Å². The lowest BCUT2D eigenvalue weighted by Gasteiger charge is -2.14. The SMILES string of the molecule is O=C(c1ccc2nc(N3C(=O)c4ccccc4C3=O)sc2c1)N1CCCC1. The van der Waals surface area contributed by atoms with Gasteiger partial charge in [0.05, 0.1) is 21.3 Å². The predicted molar refractivity (Wildman–Crippen MR) is 102 cm³/mol. The molecule has 5 rings (SSSR count). The van der Waals surface area contributed by atoms with Crippen molar-refractivity contribution in [1.82, 2.24) is 9.88 Å². The van der Waals surface area contributed by atoms with Crippen LogP contribution < -0.4 is 4.90 Å². The molecule has 0 unspecified atom stereocenters. The van der Waals surface area contributed by atoms with Crippen molar-refractivity contribution < 1.29 is 14.4 Å².